The van der Waals surface area contributed by atoms with Crippen LogP contribution in [0.1, 0.15) is 373 Å². The molecule has 0 saturated carbocycles. The molecule has 0 aromatic rings. The molecule has 418 valence electrons. The second kappa shape index (κ2) is 60.4. The summed E-state index contributed by atoms with van der Waals surface area (Å²) in [7, 11) is 0. The molecule has 3 N–H and O–H groups in total. The van der Waals surface area contributed by atoms with Gasteiger partial charge in [0.05, 0.1) is 25.4 Å². The van der Waals surface area contributed by atoms with Crippen molar-refractivity contribution in [1.82, 2.24) is 5.32 Å². The number of carbonyl (C=O) groups is 2. The molecule has 0 rings (SSSR count). The zero-order valence-corrected chi connectivity index (χ0v) is 47.8. The monoisotopic (exact) mass is 990 g/mol. The molecule has 1 amide bonds. The van der Waals surface area contributed by atoms with Crippen molar-refractivity contribution in [1.29, 1.82) is 0 Å². The molecule has 0 radical (unpaired) electrons. The molecule has 6 nitrogen and oxygen atoms in total. The van der Waals surface area contributed by atoms with Crippen LogP contribution >= 0.6 is 0 Å². The largest absolute Gasteiger partial charge is 0.466 e. The average Bonchev–Trinajstić information content (AvgIpc) is 3.36. The minimum absolute atomic E-state index is 0.0191. The van der Waals surface area contributed by atoms with E-state index in [2.05, 4.69) is 19.2 Å². The Labute approximate surface area is 438 Å². The lowest BCUT2D eigenvalue weighted by atomic mass is 10.0. The van der Waals surface area contributed by atoms with Gasteiger partial charge >= 0.3 is 5.97 Å². The summed E-state index contributed by atoms with van der Waals surface area (Å²) in [5, 5.41) is 23.2. The summed E-state index contributed by atoms with van der Waals surface area (Å²) in [6.07, 6.45) is 71.3. The molecule has 2 atom stereocenters. The highest BCUT2D eigenvalue weighted by atomic mass is 16.5. The number of amides is 1. The van der Waals surface area contributed by atoms with Gasteiger partial charge in [-0.05, 0) is 25.7 Å². The third-order valence-electron chi connectivity index (χ3n) is 15.4. The fourth-order valence-corrected chi connectivity index (χ4v) is 10.5. The summed E-state index contributed by atoms with van der Waals surface area (Å²) in [5.74, 6) is -0.0141. The van der Waals surface area contributed by atoms with Crippen LogP contribution in [0.2, 0.25) is 0 Å². The predicted molar refractivity (Wildman–Crippen MR) is 306 cm³/mol. The van der Waals surface area contributed by atoms with Crippen LogP contribution in [0.15, 0.2) is 0 Å². The van der Waals surface area contributed by atoms with E-state index in [4.69, 9.17) is 4.74 Å². The van der Waals surface area contributed by atoms with Gasteiger partial charge in [0.25, 0.3) is 0 Å². The van der Waals surface area contributed by atoms with Gasteiger partial charge in [-0.1, -0.05) is 335 Å². The number of rotatable bonds is 61. The molecule has 0 aliphatic heterocycles. The molecule has 70 heavy (non-hydrogen) atoms. The van der Waals surface area contributed by atoms with Gasteiger partial charge in [0.2, 0.25) is 5.91 Å². The lowest BCUT2D eigenvalue weighted by molar-refractivity contribution is -0.143. The van der Waals surface area contributed by atoms with E-state index < -0.39 is 12.1 Å². The number of carbonyl (C=O) groups excluding carboxylic acids is 2. The Kier molecular flexibility index (Phi) is 59.4. The first-order valence-corrected chi connectivity index (χ1v) is 32.3. The molecule has 0 heterocycles. The number of ether oxygens (including phenoxy) is 1. The standard InChI is InChI=1S/C64H127NO5/c1-3-5-7-9-11-13-15-17-18-19-24-28-31-34-38-42-46-50-54-58-64(69)70-59-55-51-47-43-39-35-32-29-26-23-21-20-22-25-27-30-33-37-41-45-49-53-57-63(68)65-61(60-66)62(67)56-52-48-44-40-36-16-14-12-10-8-6-4-2/h61-62,66-67H,3-60H2,1-2H3,(H,65,68). The highest BCUT2D eigenvalue weighted by molar-refractivity contribution is 5.76. The van der Waals surface area contributed by atoms with Crippen LogP contribution in [0.4, 0.5) is 0 Å². The average molecular weight is 991 g/mol. The molecule has 0 aromatic carbocycles. The maximum Gasteiger partial charge on any atom is 0.305 e. The van der Waals surface area contributed by atoms with Gasteiger partial charge in [-0.3, -0.25) is 9.59 Å². The molecule has 2 unspecified atom stereocenters. The Morgan fingerprint density at radius 1 is 0.343 bits per heavy atom. The molecule has 0 fully saturated rings. The molecule has 0 spiro atoms. The molecule has 0 bridgehead atoms. The van der Waals surface area contributed by atoms with Crippen molar-refractivity contribution >= 4 is 11.9 Å². The minimum Gasteiger partial charge on any atom is -0.466 e. The number of aliphatic hydroxyl groups is 2. The van der Waals surface area contributed by atoms with Crippen LogP contribution in [-0.2, 0) is 14.3 Å². The van der Waals surface area contributed by atoms with Gasteiger partial charge < -0.3 is 20.3 Å². The maximum absolute atomic E-state index is 12.5. The van der Waals surface area contributed by atoms with E-state index in [1.54, 1.807) is 0 Å². The zero-order chi connectivity index (χ0) is 50.7. The van der Waals surface area contributed by atoms with Gasteiger partial charge in [0, 0.05) is 12.8 Å². The van der Waals surface area contributed by atoms with Crippen LogP contribution in [-0.4, -0.2) is 47.4 Å². The summed E-state index contributed by atoms with van der Waals surface area (Å²) in [5.41, 5.74) is 0. The van der Waals surface area contributed by atoms with Crippen molar-refractivity contribution in [2.75, 3.05) is 13.2 Å². The zero-order valence-electron chi connectivity index (χ0n) is 47.8. The fourth-order valence-electron chi connectivity index (χ4n) is 10.5. The molecule has 0 aromatic heterocycles. The van der Waals surface area contributed by atoms with Crippen molar-refractivity contribution in [2.24, 2.45) is 0 Å². The van der Waals surface area contributed by atoms with Gasteiger partial charge in [0.15, 0.2) is 0 Å². The molecule has 0 aliphatic rings. The van der Waals surface area contributed by atoms with Crippen LogP contribution < -0.4 is 5.32 Å². The van der Waals surface area contributed by atoms with E-state index in [9.17, 15) is 19.8 Å². The number of nitrogens with one attached hydrogen (secondary N) is 1. The Morgan fingerprint density at radius 2 is 0.586 bits per heavy atom. The Morgan fingerprint density at radius 3 is 0.871 bits per heavy atom. The van der Waals surface area contributed by atoms with E-state index in [1.807, 2.05) is 0 Å². The fraction of sp³-hybridized carbons (Fsp3) is 0.969. The summed E-state index contributed by atoms with van der Waals surface area (Å²) in [6.45, 7) is 4.98. The number of hydrogen-bond donors (Lipinski definition) is 3. The Hall–Kier alpha value is -1.14. The number of esters is 1. The van der Waals surface area contributed by atoms with Crippen molar-refractivity contribution in [2.45, 2.75) is 386 Å². The summed E-state index contributed by atoms with van der Waals surface area (Å²) < 4.78 is 5.51. The highest BCUT2D eigenvalue weighted by Gasteiger charge is 2.20. The van der Waals surface area contributed by atoms with E-state index in [-0.39, 0.29) is 18.5 Å². The third-order valence-corrected chi connectivity index (χ3v) is 15.4. The van der Waals surface area contributed by atoms with Gasteiger partial charge in [0.1, 0.15) is 0 Å². The molecule has 0 aliphatic carbocycles. The van der Waals surface area contributed by atoms with Gasteiger partial charge in [-0.25, -0.2) is 0 Å². The second-order valence-corrected chi connectivity index (χ2v) is 22.5. The lowest BCUT2D eigenvalue weighted by Crippen LogP contribution is -2.45. The number of aliphatic hydroxyl groups excluding tert-OH is 2. The summed E-state index contributed by atoms with van der Waals surface area (Å²) in [6, 6.07) is -0.539. The Bertz CT molecular complexity index is 1010. The number of unbranched alkanes of at least 4 members (excludes halogenated alkanes) is 50. The second-order valence-electron chi connectivity index (χ2n) is 22.5. The van der Waals surface area contributed by atoms with Gasteiger partial charge in [-0.15, -0.1) is 0 Å². The molecule has 6 heteroatoms. The molecular weight excluding hydrogens is 863 g/mol. The van der Waals surface area contributed by atoms with E-state index >= 15 is 0 Å². The first kappa shape index (κ1) is 68.9. The van der Waals surface area contributed by atoms with Crippen LogP contribution in [0.5, 0.6) is 0 Å². The quantitative estimate of drug-likeness (QED) is 0.0417. The van der Waals surface area contributed by atoms with E-state index in [0.717, 1.165) is 38.5 Å². The highest BCUT2D eigenvalue weighted by Crippen LogP contribution is 2.19. The smallest absolute Gasteiger partial charge is 0.305 e. The van der Waals surface area contributed by atoms with E-state index in [0.29, 0.717) is 25.9 Å². The van der Waals surface area contributed by atoms with Crippen LogP contribution in [0.3, 0.4) is 0 Å². The SMILES string of the molecule is CCCCCCCCCCCCCCCCCCCCCC(=O)OCCCCCCCCCCCCCCCCCCCCCCCCC(=O)NC(CO)C(O)CCCCCCCCCCCCCC. The lowest BCUT2D eigenvalue weighted by Gasteiger charge is -2.22. The minimum atomic E-state index is -0.662. The first-order valence-electron chi connectivity index (χ1n) is 32.3. The van der Waals surface area contributed by atoms with E-state index in [1.165, 1.54) is 302 Å². The Balaban J connectivity index is 3.32. The molecular formula is C64H127NO5. The van der Waals surface area contributed by atoms with Crippen molar-refractivity contribution < 1.29 is 24.5 Å². The number of hydrogen-bond acceptors (Lipinski definition) is 5. The topological polar surface area (TPSA) is 95.9 Å². The summed E-state index contributed by atoms with van der Waals surface area (Å²) in [4.78, 5) is 24.6. The molecule has 0 saturated heterocycles. The van der Waals surface area contributed by atoms with Crippen molar-refractivity contribution in [3.63, 3.8) is 0 Å². The van der Waals surface area contributed by atoms with Crippen LogP contribution in [0.25, 0.3) is 0 Å². The third kappa shape index (κ3) is 56.2. The summed E-state index contributed by atoms with van der Waals surface area (Å²) >= 11 is 0. The van der Waals surface area contributed by atoms with Gasteiger partial charge in [-0.2, -0.15) is 0 Å². The predicted octanol–water partition coefficient (Wildman–Crippen LogP) is 20.3. The first-order chi connectivity index (χ1) is 34.5. The van der Waals surface area contributed by atoms with Crippen molar-refractivity contribution in [3.05, 3.63) is 0 Å². The normalized spacial score (nSPS) is 12.5. The van der Waals surface area contributed by atoms with Crippen molar-refractivity contribution in [3.8, 4) is 0 Å². The maximum atomic E-state index is 12.5. The van der Waals surface area contributed by atoms with Crippen LogP contribution in [0, 0.1) is 0 Å².